The number of aromatic nitrogens is 1. The van der Waals surface area contributed by atoms with Crippen molar-refractivity contribution in [1.29, 1.82) is 0 Å². The minimum absolute atomic E-state index is 0.0717. The van der Waals surface area contributed by atoms with Gasteiger partial charge in [0.15, 0.2) is 5.13 Å². The van der Waals surface area contributed by atoms with Gasteiger partial charge in [0.25, 0.3) is 11.8 Å². The van der Waals surface area contributed by atoms with Crippen molar-refractivity contribution in [2.45, 2.75) is 11.5 Å². The van der Waals surface area contributed by atoms with E-state index in [4.69, 9.17) is 4.74 Å². The monoisotopic (exact) mass is 774 g/mol. The lowest BCUT2D eigenvalue weighted by molar-refractivity contribution is -0.114. The normalized spacial score (nSPS) is 11.0. The molecule has 254 valence electrons. The van der Waals surface area contributed by atoms with Crippen LogP contribution in [0.15, 0.2) is 154 Å². The molecule has 3 N–H and O–H groups in total. The quantitative estimate of drug-likeness (QED) is 0.0798. The van der Waals surface area contributed by atoms with Gasteiger partial charge in [-0.3, -0.25) is 14.4 Å². The number of rotatable bonds is 13. The maximum atomic E-state index is 13.5. The first-order valence-electron chi connectivity index (χ1n) is 15.8. The Balaban J connectivity index is 1.06. The van der Waals surface area contributed by atoms with Crippen molar-refractivity contribution in [3.63, 3.8) is 0 Å². The van der Waals surface area contributed by atoms with Crippen LogP contribution in [0, 0.1) is 0 Å². The topological polar surface area (TPSA) is 109 Å². The molecule has 0 aliphatic rings. The van der Waals surface area contributed by atoms with Gasteiger partial charge in [0.1, 0.15) is 18.1 Å². The summed E-state index contributed by atoms with van der Waals surface area (Å²) in [6.07, 6.45) is 1.62. The predicted octanol–water partition coefficient (Wildman–Crippen LogP) is 9.29. The first-order valence-corrected chi connectivity index (χ1v) is 18.4. The van der Waals surface area contributed by atoms with Crippen LogP contribution in [0.3, 0.4) is 0 Å². The number of ether oxygens (including phenoxy) is 1. The highest BCUT2D eigenvalue weighted by atomic mass is 79.9. The van der Waals surface area contributed by atoms with Crippen LogP contribution in [0.25, 0.3) is 17.3 Å². The fraction of sp³-hybridized carbons (Fsp3) is 0.0500. The molecule has 11 heteroatoms. The Hall–Kier alpha value is -5.49. The summed E-state index contributed by atoms with van der Waals surface area (Å²) in [5.41, 5.74) is 4.55. The second kappa shape index (κ2) is 17.4. The number of thiazole rings is 1. The molecule has 0 saturated heterocycles. The molecule has 0 bridgehead atoms. The van der Waals surface area contributed by atoms with Crippen LogP contribution in [0.1, 0.15) is 21.5 Å². The van der Waals surface area contributed by atoms with Crippen LogP contribution in [0.5, 0.6) is 5.75 Å². The van der Waals surface area contributed by atoms with Gasteiger partial charge in [-0.2, -0.15) is 0 Å². The van der Waals surface area contributed by atoms with Gasteiger partial charge in [-0.05, 0) is 77.9 Å². The molecule has 1 heterocycles. The molecule has 0 radical (unpaired) electrons. The SMILES string of the molecule is O=C(CSc1ccc(NC(=O)/C(=C/c2ccc(OCc3ccccc3)cc2)NC(=O)c2ccccc2)cc1)Nc1nc(-c2ccc(Br)cc2)cs1. The van der Waals surface area contributed by atoms with E-state index in [9.17, 15) is 14.4 Å². The Labute approximate surface area is 312 Å². The fourth-order valence-corrected chi connectivity index (χ4v) is 6.43. The van der Waals surface area contributed by atoms with Gasteiger partial charge in [0.05, 0.1) is 11.4 Å². The molecule has 0 spiro atoms. The van der Waals surface area contributed by atoms with Gasteiger partial charge in [-0.15, -0.1) is 23.1 Å². The van der Waals surface area contributed by atoms with E-state index in [1.807, 2.05) is 102 Å². The third-order valence-electron chi connectivity index (χ3n) is 7.34. The minimum Gasteiger partial charge on any atom is -0.489 e. The lowest BCUT2D eigenvalue weighted by Crippen LogP contribution is -2.30. The summed E-state index contributed by atoms with van der Waals surface area (Å²) < 4.78 is 6.88. The summed E-state index contributed by atoms with van der Waals surface area (Å²) in [6.45, 7) is 0.433. The highest BCUT2D eigenvalue weighted by Gasteiger charge is 2.16. The first kappa shape index (κ1) is 35.3. The predicted molar refractivity (Wildman–Crippen MR) is 209 cm³/mol. The highest BCUT2D eigenvalue weighted by molar-refractivity contribution is 9.10. The molecule has 3 amide bonds. The molecule has 1 aromatic heterocycles. The van der Waals surface area contributed by atoms with E-state index in [0.29, 0.717) is 34.3 Å². The Bertz CT molecular complexity index is 2120. The van der Waals surface area contributed by atoms with E-state index in [0.717, 1.165) is 26.2 Å². The molecular weight excluding hydrogens is 745 g/mol. The summed E-state index contributed by atoms with van der Waals surface area (Å²) in [5.74, 6) is -0.205. The number of nitrogens with one attached hydrogen (secondary N) is 3. The van der Waals surface area contributed by atoms with Crippen LogP contribution in [-0.2, 0) is 16.2 Å². The number of benzene rings is 5. The summed E-state index contributed by atoms with van der Waals surface area (Å²) in [4.78, 5) is 44.6. The summed E-state index contributed by atoms with van der Waals surface area (Å²) >= 11 is 6.17. The molecule has 6 aromatic rings. The van der Waals surface area contributed by atoms with E-state index in [1.54, 1.807) is 42.5 Å². The van der Waals surface area contributed by atoms with Gasteiger partial charge in [-0.1, -0.05) is 88.7 Å². The van der Waals surface area contributed by atoms with E-state index in [-0.39, 0.29) is 17.4 Å². The highest BCUT2D eigenvalue weighted by Crippen LogP contribution is 2.27. The number of halogens is 1. The number of thioether (sulfide) groups is 1. The van der Waals surface area contributed by atoms with Crippen molar-refractivity contribution in [3.8, 4) is 17.0 Å². The summed E-state index contributed by atoms with van der Waals surface area (Å²) in [5, 5.41) is 10.9. The van der Waals surface area contributed by atoms with Crippen LogP contribution in [-0.4, -0.2) is 28.5 Å². The van der Waals surface area contributed by atoms with Crippen molar-refractivity contribution >= 4 is 73.6 Å². The smallest absolute Gasteiger partial charge is 0.272 e. The van der Waals surface area contributed by atoms with Crippen LogP contribution >= 0.6 is 39.0 Å². The third-order valence-corrected chi connectivity index (χ3v) is 9.64. The average Bonchev–Trinajstić information content (AvgIpc) is 3.63. The zero-order valence-corrected chi connectivity index (χ0v) is 30.3. The number of nitrogens with zero attached hydrogens (tertiary/aromatic N) is 1. The molecular formula is C40H31BrN4O4S2. The van der Waals surface area contributed by atoms with Crippen LogP contribution in [0.2, 0.25) is 0 Å². The molecule has 0 saturated carbocycles. The largest absolute Gasteiger partial charge is 0.489 e. The maximum absolute atomic E-state index is 13.5. The Morgan fingerprint density at radius 3 is 2.18 bits per heavy atom. The molecule has 51 heavy (non-hydrogen) atoms. The van der Waals surface area contributed by atoms with Gasteiger partial charge >= 0.3 is 0 Å². The molecule has 0 atom stereocenters. The molecule has 0 aliphatic carbocycles. The van der Waals surface area contributed by atoms with Gasteiger partial charge < -0.3 is 20.7 Å². The van der Waals surface area contributed by atoms with E-state index in [1.165, 1.54) is 23.1 Å². The summed E-state index contributed by atoms with van der Waals surface area (Å²) in [6, 6.07) is 40.8. The Morgan fingerprint density at radius 1 is 0.784 bits per heavy atom. The second-order valence-corrected chi connectivity index (χ2v) is 13.9. The van der Waals surface area contributed by atoms with E-state index in [2.05, 4.69) is 36.9 Å². The number of hydrogen-bond acceptors (Lipinski definition) is 7. The van der Waals surface area contributed by atoms with Crippen molar-refractivity contribution in [3.05, 3.63) is 166 Å². The average molecular weight is 776 g/mol. The van der Waals surface area contributed by atoms with Crippen LogP contribution in [0.4, 0.5) is 10.8 Å². The molecule has 5 aromatic carbocycles. The zero-order valence-electron chi connectivity index (χ0n) is 27.0. The first-order chi connectivity index (χ1) is 24.9. The third kappa shape index (κ3) is 10.5. The maximum Gasteiger partial charge on any atom is 0.272 e. The molecule has 0 fully saturated rings. The fourth-order valence-electron chi connectivity index (χ4n) is 4.73. The number of carbonyl (C=O) groups excluding carboxylic acids is 3. The second-order valence-electron chi connectivity index (χ2n) is 11.1. The number of anilines is 2. The number of carbonyl (C=O) groups is 3. The lowest BCUT2D eigenvalue weighted by Gasteiger charge is -2.12. The van der Waals surface area contributed by atoms with Gasteiger partial charge in [0.2, 0.25) is 5.91 Å². The molecule has 0 aliphatic heterocycles. The molecule has 0 unspecified atom stereocenters. The Morgan fingerprint density at radius 2 is 1.47 bits per heavy atom. The van der Waals surface area contributed by atoms with Crippen LogP contribution < -0.4 is 20.7 Å². The molecule has 8 nitrogen and oxygen atoms in total. The van der Waals surface area contributed by atoms with Crippen molar-refractivity contribution in [2.75, 3.05) is 16.4 Å². The van der Waals surface area contributed by atoms with Gasteiger partial charge in [0, 0.05) is 31.6 Å². The number of amides is 3. The van der Waals surface area contributed by atoms with Gasteiger partial charge in [-0.25, -0.2) is 4.98 Å². The van der Waals surface area contributed by atoms with E-state index < -0.39 is 11.8 Å². The lowest BCUT2D eigenvalue weighted by atomic mass is 10.1. The summed E-state index contributed by atoms with van der Waals surface area (Å²) in [7, 11) is 0. The zero-order chi connectivity index (χ0) is 35.4. The Kier molecular flexibility index (Phi) is 12.1. The van der Waals surface area contributed by atoms with Crippen molar-refractivity contribution in [2.24, 2.45) is 0 Å². The minimum atomic E-state index is -0.491. The standard InChI is InChI=1S/C40H31BrN4O4S2/c41-31-15-13-29(14-16-31)36-25-51-40(44-36)45-37(46)26-50-34-21-17-32(18-22-34)42-39(48)35(43-38(47)30-9-5-2-6-10-30)23-27-11-19-33(20-12-27)49-24-28-7-3-1-4-8-28/h1-23,25H,24,26H2,(H,42,48)(H,43,47)(H,44,45,46)/b35-23-. The van der Waals surface area contributed by atoms with Crippen molar-refractivity contribution < 1.29 is 19.1 Å². The molecule has 6 rings (SSSR count). The van der Waals surface area contributed by atoms with E-state index >= 15 is 0 Å². The van der Waals surface area contributed by atoms with Crippen molar-refractivity contribution in [1.82, 2.24) is 10.3 Å². The number of hydrogen-bond donors (Lipinski definition) is 3.